The van der Waals surface area contributed by atoms with Gasteiger partial charge in [-0.15, -0.1) is 4.91 Å². The molecule has 8 heteroatoms. The van der Waals surface area contributed by atoms with Crippen LogP contribution in [-0.4, -0.2) is 28.2 Å². The van der Waals surface area contributed by atoms with Crippen molar-refractivity contribution in [2.24, 2.45) is 16.8 Å². The number of amides is 1. The molecule has 8 nitrogen and oxygen atoms in total. The minimum Gasteiger partial charge on any atom is -0.480 e. The maximum absolute atomic E-state index is 10.1. The molecule has 0 aliphatic heterocycles. The fourth-order valence-electron chi connectivity index (χ4n) is 0.421. The number of rotatable bonds is 4. The third-order valence-corrected chi connectivity index (χ3v) is 1.02. The number of hydrogen-bond acceptors (Lipinski definition) is 5. The Balaban J connectivity index is 0. The molecule has 0 aromatic heterocycles. The second-order valence-electron chi connectivity index (χ2n) is 2.03. The van der Waals surface area contributed by atoms with Gasteiger partial charge in [-0.2, -0.15) is 0 Å². The van der Waals surface area contributed by atoms with Crippen molar-refractivity contribution in [3.8, 4) is 0 Å². The molecular weight excluding hydrogens is 182 g/mol. The Morgan fingerprint density at radius 3 is 2.08 bits per heavy atom. The van der Waals surface area contributed by atoms with Crippen molar-refractivity contribution in [3.63, 3.8) is 0 Å². The summed E-state index contributed by atoms with van der Waals surface area (Å²) in [4.78, 5) is 28.2. The minimum atomic E-state index is -1.11. The summed E-state index contributed by atoms with van der Waals surface area (Å²) in [5.74, 6) is -1.64. The molecule has 1 atom stereocenters. The zero-order valence-corrected chi connectivity index (χ0v) is 6.71. The summed E-state index contributed by atoms with van der Waals surface area (Å²) >= 11 is 0. The average molecular weight is 193 g/mol. The number of nitrogens with zero attached hydrogens (tertiary/aromatic N) is 1. The summed E-state index contributed by atoms with van der Waals surface area (Å²) in [7, 11) is 0. The fourth-order valence-corrected chi connectivity index (χ4v) is 0.421. The first-order valence-electron chi connectivity index (χ1n) is 3.19. The zero-order valence-electron chi connectivity index (χ0n) is 6.71. The van der Waals surface area contributed by atoms with E-state index in [4.69, 9.17) is 26.7 Å². The minimum absolute atomic E-state index is 0.0213. The van der Waals surface area contributed by atoms with E-state index >= 15 is 0 Å². The van der Waals surface area contributed by atoms with E-state index in [0.29, 0.717) is 0 Å². The van der Waals surface area contributed by atoms with Crippen molar-refractivity contribution in [2.75, 3.05) is 0 Å². The second kappa shape index (κ2) is 8.40. The number of aliphatic carboxylic acids is 1. The Bertz CT molecular complexity index is 183. The maximum atomic E-state index is 10.1. The number of hydrogen-bond donors (Lipinski definition) is 4. The predicted octanol–water partition coefficient (Wildman–Crippen LogP) is -1.19. The van der Waals surface area contributed by atoms with Crippen molar-refractivity contribution in [1.82, 2.24) is 0 Å². The van der Waals surface area contributed by atoms with Crippen LogP contribution in [-0.2, 0) is 9.59 Å². The number of primary amides is 1. The fraction of sp³-hybridized carbons (Fsp3) is 0.600. The molecule has 0 saturated carbocycles. The van der Waals surface area contributed by atoms with E-state index in [1.54, 1.807) is 0 Å². The van der Waals surface area contributed by atoms with Crippen molar-refractivity contribution >= 4 is 11.9 Å². The normalized spacial score (nSPS) is 10.5. The largest absolute Gasteiger partial charge is 0.480 e. The van der Waals surface area contributed by atoms with Gasteiger partial charge < -0.3 is 21.8 Å². The first kappa shape index (κ1) is 13.9. The Morgan fingerprint density at radius 2 is 1.85 bits per heavy atom. The highest BCUT2D eigenvalue weighted by atomic mass is 16.6. The third kappa shape index (κ3) is 13.3. The van der Waals surface area contributed by atoms with Crippen molar-refractivity contribution in [3.05, 3.63) is 4.91 Å². The molecule has 0 fully saturated rings. The van der Waals surface area contributed by atoms with Crippen LogP contribution in [0.15, 0.2) is 5.34 Å². The van der Waals surface area contributed by atoms with Gasteiger partial charge in [0.15, 0.2) is 5.34 Å². The van der Waals surface area contributed by atoms with Gasteiger partial charge in [-0.1, -0.05) is 0 Å². The lowest BCUT2D eigenvalue weighted by atomic mass is 10.2. The van der Waals surface area contributed by atoms with Gasteiger partial charge >= 0.3 is 5.97 Å². The summed E-state index contributed by atoms with van der Waals surface area (Å²) in [5.41, 5.74) is 9.81. The van der Waals surface area contributed by atoms with Gasteiger partial charge in [-0.3, -0.25) is 9.59 Å². The highest BCUT2D eigenvalue weighted by Crippen LogP contribution is 1.92. The number of carbonyl (C=O) groups excluding carboxylic acids is 1. The summed E-state index contributed by atoms with van der Waals surface area (Å²) in [6.07, 6.45) is 0.123. The molecule has 0 unspecified atom stereocenters. The molecule has 0 aliphatic carbocycles. The summed E-state index contributed by atoms with van der Waals surface area (Å²) < 4.78 is 0. The van der Waals surface area contributed by atoms with Crippen molar-refractivity contribution in [2.45, 2.75) is 18.9 Å². The molecule has 0 rings (SSSR count). The summed E-state index contributed by atoms with van der Waals surface area (Å²) in [6, 6.07) is -0.979. The molecule has 13 heavy (non-hydrogen) atoms. The second-order valence-corrected chi connectivity index (χ2v) is 2.03. The molecule has 1 amide bonds. The van der Waals surface area contributed by atoms with Crippen LogP contribution in [0.4, 0.5) is 0 Å². The first-order valence-corrected chi connectivity index (χ1v) is 3.19. The number of carbonyl (C=O) groups is 2. The molecule has 6 N–H and O–H groups in total. The smallest absolute Gasteiger partial charge is 0.320 e. The van der Waals surface area contributed by atoms with Crippen LogP contribution in [0.25, 0.3) is 0 Å². The Labute approximate surface area is 73.4 Å². The van der Waals surface area contributed by atoms with Crippen LogP contribution in [0.5, 0.6) is 0 Å². The van der Waals surface area contributed by atoms with Gasteiger partial charge in [0.2, 0.25) is 5.91 Å². The first-order chi connectivity index (χ1) is 5.95. The molecule has 0 aromatic rings. The van der Waals surface area contributed by atoms with Gasteiger partial charge in [0.1, 0.15) is 6.04 Å². The molecule has 76 valence electrons. The molecule has 0 bridgehead atoms. The number of carboxylic acid groups (broad SMARTS) is 1. The zero-order chi connectivity index (χ0) is 10.9. The van der Waals surface area contributed by atoms with E-state index in [9.17, 15) is 9.59 Å². The quantitative estimate of drug-likeness (QED) is 0.324. The highest BCUT2D eigenvalue weighted by Gasteiger charge is 2.11. The SMILES string of the molecule is NC(=O)CC[C@H](N)C(=O)O.O=NO. The van der Waals surface area contributed by atoms with E-state index in [1.807, 2.05) is 0 Å². The van der Waals surface area contributed by atoms with Crippen LogP contribution >= 0.6 is 0 Å². The van der Waals surface area contributed by atoms with Gasteiger partial charge in [-0.25, -0.2) is 0 Å². The number of carboxylic acids is 1. The summed E-state index contributed by atoms with van der Waals surface area (Å²) in [5, 5.41) is 16.1. The lowest BCUT2D eigenvalue weighted by Crippen LogP contribution is -2.31. The predicted molar refractivity (Wildman–Crippen MR) is 41.6 cm³/mol. The molecule has 0 aliphatic rings. The van der Waals surface area contributed by atoms with Crippen LogP contribution < -0.4 is 11.5 Å². The standard InChI is InChI=1S/C5H10N2O3.HNO2/c6-3(5(9)10)1-2-4(7)8;2-1-3/h3H,1-2,6H2,(H2,7,8)(H,9,10);(H,2,3)/t3-;/m0./s1. The molecule has 0 radical (unpaired) electrons. The average Bonchev–Trinajstić information content (AvgIpc) is 2.01. The van der Waals surface area contributed by atoms with Crippen LogP contribution in [0.3, 0.4) is 0 Å². The van der Waals surface area contributed by atoms with Gasteiger partial charge in [-0.05, 0) is 6.42 Å². The Kier molecular flexibility index (Phi) is 8.95. The van der Waals surface area contributed by atoms with E-state index in [0.717, 1.165) is 0 Å². The van der Waals surface area contributed by atoms with Gasteiger partial charge in [0, 0.05) is 6.42 Å². The van der Waals surface area contributed by atoms with E-state index in [1.165, 1.54) is 5.34 Å². The molecule has 0 heterocycles. The van der Waals surface area contributed by atoms with Crippen molar-refractivity contribution in [1.29, 1.82) is 0 Å². The molecular formula is C5H11N3O5. The van der Waals surface area contributed by atoms with Crippen molar-refractivity contribution < 1.29 is 19.9 Å². The molecule has 0 saturated heterocycles. The highest BCUT2D eigenvalue weighted by molar-refractivity contribution is 5.76. The summed E-state index contributed by atoms with van der Waals surface area (Å²) in [6.45, 7) is 0. The topological polar surface area (TPSA) is 156 Å². The van der Waals surface area contributed by atoms with E-state index in [-0.39, 0.29) is 12.8 Å². The number of nitrogens with two attached hydrogens (primary N) is 2. The monoisotopic (exact) mass is 193 g/mol. The Morgan fingerprint density at radius 1 is 1.46 bits per heavy atom. The molecule has 0 spiro atoms. The lowest BCUT2D eigenvalue weighted by Gasteiger charge is -2.01. The maximum Gasteiger partial charge on any atom is 0.320 e. The lowest BCUT2D eigenvalue weighted by molar-refractivity contribution is -0.138. The van der Waals surface area contributed by atoms with Crippen LogP contribution in [0.2, 0.25) is 0 Å². The van der Waals surface area contributed by atoms with Crippen LogP contribution in [0.1, 0.15) is 12.8 Å². The Hall–Kier alpha value is -1.70. The van der Waals surface area contributed by atoms with E-state index in [2.05, 4.69) is 0 Å². The third-order valence-electron chi connectivity index (χ3n) is 1.02. The van der Waals surface area contributed by atoms with E-state index < -0.39 is 17.9 Å². The van der Waals surface area contributed by atoms with Gasteiger partial charge in [0.05, 0.1) is 0 Å². The van der Waals surface area contributed by atoms with Crippen LogP contribution in [0, 0.1) is 4.91 Å². The molecule has 0 aromatic carbocycles. The van der Waals surface area contributed by atoms with Gasteiger partial charge in [0.25, 0.3) is 0 Å².